The molecule has 192 valence electrons. The molecule has 4 N–H and O–H groups in total. The first kappa shape index (κ1) is 32.9. The highest BCUT2D eigenvalue weighted by atomic mass is 16.7. The van der Waals surface area contributed by atoms with Crippen LogP contribution in [0.25, 0.3) is 0 Å². The van der Waals surface area contributed by atoms with Crippen LogP contribution < -0.4 is 11.1 Å². The molecule has 0 aromatic carbocycles. The van der Waals surface area contributed by atoms with Crippen LogP contribution in [0, 0.1) is 0 Å². The first-order valence-electron chi connectivity index (χ1n) is 11.2. The summed E-state index contributed by atoms with van der Waals surface area (Å²) in [5, 5.41) is 12.0. The minimum atomic E-state index is -1.42. The molecular weight excluding hydrogens is 432 g/mol. The summed E-state index contributed by atoms with van der Waals surface area (Å²) >= 11 is 0. The molecule has 0 saturated heterocycles. The highest BCUT2D eigenvalue weighted by Gasteiger charge is 2.39. The van der Waals surface area contributed by atoms with E-state index in [2.05, 4.69) is 11.9 Å². The van der Waals surface area contributed by atoms with E-state index in [9.17, 15) is 19.5 Å². The van der Waals surface area contributed by atoms with Crippen molar-refractivity contribution < 1.29 is 38.4 Å². The summed E-state index contributed by atoms with van der Waals surface area (Å²) in [6.07, 6.45) is 1.43. The Kier molecular flexibility index (Phi) is 18.1. The van der Waals surface area contributed by atoms with E-state index in [1.807, 2.05) is 27.7 Å². The molecule has 0 aliphatic carbocycles. The first-order valence-corrected chi connectivity index (χ1v) is 11.2. The highest BCUT2D eigenvalue weighted by molar-refractivity contribution is 5.98. The Labute approximate surface area is 197 Å². The Morgan fingerprint density at radius 3 is 1.82 bits per heavy atom. The Hall–Kier alpha value is -2.27. The van der Waals surface area contributed by atoms with Gasteiger partial charge in [0.1, 0.15) is 5.57 Å². The Balaban J connectivity index is 0. The maximum Gasteiger partial charge on any atom is 0.337 e. The van der Waals surface area contributed by atoms with Crippen molar-refractivity contribution in [1.29, 1.82) is 0 Å². The van der Waals surface area contributed by atoms with Gasteiger partial charge in [0.25, 0.3) is 0 Å². The number of carbonyl (C=O) groups is 3. The lowest BCUT2D eigenvalue weighted by Crippen LogP contribution is -2.44. The summed E-state index contributed by atoms with van der Waals surface area (Å²) in [5.41, 5.74) is 5.24. The van der Waals surface area contributed by atoms with Gasteiger partial charge in [0.05, 0.1) is 6.04 Å². The fourth-order valence-corrected chi connectivity index (χ4v) is 2.81. The van der Waals surface area contributed by atoms with Crippen LogP contribution >= 0.6 is 0 Å². The van der Waals surface area contributed by atoms with Gasteiger partial charge in [-0.3, -0.25) is 9.59 Å². The molecule has 10 nitrogen and oxygen atoms in total. The topological polar surface area (TPSA) is 146 Å². The van der Waals surface area contributed by atoms with E-state index in [0.29, 0.717) is 31.6 Å². The normalized spacial score (nSPS) is 12.5. The lowest BCUT2D eigenvalue weighted by Gasteiger charge is -2.33. The van der Waals surface area contributed by atoms with Gasteiger partial charge in [-0.05, 0) is 41.5 Å². The lowest BCUT2D eigenvalue weighted by molar-refractivity contribution is -0.214. The van der Waals surface area contributed by atoms with Crippen LogP contribution in [0.1, 0.15) is 61.3 Å². The SMILES string of the molecule is C=C(C)C(=O)NC(C)C(OCC)OCC.CCCC(OCC)(OCC)/C(=C/C(N)=O)C(=O)O. The maximum absolute atomic E-state index is 11.3. The van der Waals surface area contributed by atoms with Gasteiger partial charge in [0, 0.05) is 44.5 Å². The number of ether oxygens (including phenoxy) is 4. The molecule has 0 aromatic heterocycles. The number of primary amides is 1. The zero-order valence-electron chi connectivity index (χ0n) is 21.1. The number of aliphatic carboxylic acids is 1. The van der Waals surface area contributed by atoms with Gasteiger partial charge in [-0.25, -0.2) is 4.79 Å². The van der Waals surface area contributed by atoms with Crippen molar-refractivity contribution in [1.82, 2.24) is 5.32 Å². The Bertz CT molecular complexity index is 625. The van der Waals surface area contributed by atoms with E-state index in [1.165, 1.54) is 0 Å². The summed E-state index contributed by atoms with van der Waals surface area (Å²) in [6, 6.07) is -0.186. The molecular formula is C23H42N2O8. The third-order valence-corrected chi connectivity index (χ3v) is 4.08. The molecule has 0 aliphatic rings. The van der Waals surface area contributed by atoms with E-state index in [1.54, 1.807) is 20.8 Å². The van der Waals surface area contributed by atoms with Crippen molar-refractivity contribution in [2.45, 2.75) is 79.4 Å². The van der Waals surface area contributed by atoms with Crippen molar-refractivity contribution >= 4 is 17.8 Å². The first-order chi connectivity index (χ1) is 15.5. The monoisotopic (exact) mass is 474 g/mol. The number of amides is 2. The molecule has 1 atom stereocenters. The second-order valence-corrected chi connectivity index (χ2v) is 6.96. The van der Waals surface area contributed by atoms with E-state index in [4.69, 9.17) is 24.7 Å². The molecule has 33 heavy (non-hydrogen) atoms. The maximum atomic E-state index is 11.3. The minimum Gasteiger partial charge on any atom is -0.478 e. The number of carbonyl (C=O) groups excluding carboxylic acids is 2. The van der Waals surface area contributed by atoms with Gasteiger partial charge in [0.15, 0.2) is 6.29 Å². The zero-order valence-corrected chi connectivity index (χ0v) is 21.1. The molecule has 0 bridgehead atoms. The number of carboxylic acids is 1. The van der Waals surface area contributed by atoms with Crippen LogP contribution in [0.3, 0.4) is 0 Å². The predicted octanol–water partition coefficient (Wildman–Crippen LogP) is 2.52. The van der Waals surface area contributed by atoms with E-state index >= 15 is 0 Å². The standard InChI is InChI=1S/C12H21NO5.C11H21NO3/c1-4-7-12(17-5-2,18-6-3)9(11(15)16)8-10(13)14;1-6-14-11(15-7-2)9(5)12-10(13)8(3)4/h8H,4-7H2,1-3H3,(H2,13,14)(H,15,16);9,11H,3,6-7H2,1-2,4-5H3,(H,12,13)/b9-8+;. The van der Waals surface area contributed by atoms with Crippen molar-refractivity contribution in [3.63, 3.8) is 0 Å². The molecule has 10 heteroatoms. The highest BCUT2D eigenvalue weighted by Crippen LogP contribution is 2.29. The van der Waals surface area contributed by atoms with Crippen LogP contribution in [0.5, 0.6) is 0 Å². The van der Waals surface area contributed by atoms with Crippen LogP contribution in [0.4, 0.5) is 0 Å². The molecule has 0 aliphatic heterocycles. The fraction of sp³-hybridized carbons (Fsp3) is 0.696. The minimum absolute atomic E-state index is 0.174. The van der Waals surface area contributed by atoms with Crippen LogP contribution in [-0.2, 0) is 33.3 Å². The number of nitrogens with one attached hydrogen (secondary N) is 1. The quantitative estimate of drug-likeness (QED) is 0.228. The average Bonchev–Trinajstić information content (AvgIpc) is 2.72. The largest absolute Gasteiger partial charge is 0.478 e. The Morgan fingerprint density at radius 1 is 1.03 bits per heavy atom. The van der Waals surface area contributed by atoms with Crippen molar-refractivity contribution in [3.05, 3.63) is 23.8 Å². The summed E-state index contributed by atoms with van der Waals surface area (Å²) in [7, 11) is 0. The number of nitrogens with two attached hydrogens (primary N) is 1. The third-order valence-electron chi connectivity index (χ3n) is 4.08. The molecule has 0 saturated carbocycles. The number of hydrogen-bond acceptors (Lipinski definition) is 7. The summed E-state index contributed by atoms with van der Waals surface area (Å²) in [4.78, 5) is 33.6. The van der Waals surface area contributed by atoms with E-state index in [0.717, 1.165) is 6.08 Å². The molecule has 2 amide bonds. The van der Waals surface area contributed by atoms with Gasteiger partial charge in [-0.2, -0.15) is 0 Å². The van der Waals surface area contributed by atoms with Crippen molar-refractivity contribution in [3.8, 4) is 0 Å². The van der Waals surface area contributed by atoms with E-state index in [-0.39, 0.29) is 30.7 Å². The van der Waals surface area contributed by atoms with Crippen molar-refractivity contribution in [2.75, 3.05) is 26.4 Å². The fourth-order valence-electron chi connectivity index (χ4n) is 2.81. The van der Waals surface area contributed by atoms with Crippen LogP contribution in [0.2, 0.25) is 0 Å². The average molecular weight is 475 g/mol. The third kappa shape index (κ3) is 13.1. The lowest BCUT2D eigenvalue weighted by atomic mass is 9.99. The number of carboxylic acid groups (broad SMARTS) is 1. The summed E-state index contributed by atoms with van der Waals surface area (Å²) in [6.45, 7) is 17.8. The van der Waals surface area contributed by atoms with Gasteiger partial charge in [-0.15, -0.1) is 0 Å². The number of rotatable bonds is 16. The predicted molar refractivity (Wildman–Crippen MR) is 125 cm³/mol. The molecule has 0 spiro atoms. The second-order valence-electron chi connectivity index (χ2n) is 6.96. The summed E-state index contributed by atoms with van der Waals surface area (Å²) in [5.74, 6) is -3.71. The smallest absolute Gasteiger partial charge is 0.337 e. The van der Waals surface area contributed by atoms with Gasteiger partial charge < -0.3 is 35.1 Å². The molecule has 0 fully saturated rings. The molecule has 0 heterocycles. The van der Waals surface area contributed by atoms with Gasteiger partial charge >= 0.3 is 5.97 Å². The molecule has 0 radical (unpaired) electrons. The second kappa shape index (κ2) is 18.2. The molecule has 1 unspecified atom stereocenters. The van der Waals surface area contributed by atoms with E-state index < -0.39 is 24.0 Å². The Morgan fingerprint density at radius 2 is 1.52 bits per heavy atom. The summed E-state index contributed by atoms with van der Waals surface area (Å²) < 4.78 is 21.6. The van der Waals surface area contributed by atoms with Crippen LogP contribution in [0.15, 0.2) is 23.8 Å². The van der Waals surface area contributed by atoms with Crippen LogP contribution in [-0.4, -0.2) is 67.4 Å². The molecule has 0 aromatic rings. The van der Waals surface area contributed by atoms with Gasteiger partial charge in [-0.1, -0.05) is 19.9 Å². The van der Waals surface area contributed by atoms with Gasteiger partial charge in [0.2, 0.25) is 17.6 Å². The zero-order chi connectivity index (χ0) is 26.0. The number of hydrogen-bond donors (Lipinski definition) is 3. The van der Waals surface area contributed by atoms with Crippen molar-refractivity contribution in [2.24, 2.45) is 5.73 Å². The molecule has 0 rings (SSSR count).